The van der Waals surface area contributed by atoms with Crippen LogP contribution in [0, 0.1) is 0 Å². The highest BCUT2D eigenvalue weighted by Gasteiger charge is 2.26. The summed E-state index contributed by atoms with van der Waals surface area (Å²) in [5, 5.41) is 0. The maximum absolute atomic E-state index is 12.0. The maximum Gasteiger partial charge on any atom is 0.410 e. The number of esters is 2. The van der Waals surface area contributed by atoms with Crippen LogP contribution in [0.1, 0.15) is 86.7 Å². The molecule has 2 aromatic rings. The Morgan fingerprint density at radius 1 is 0.630 bits per heavy atom. The van der Waals surface area contributed by atoms with Crippen molar-refractivity contribution in [3.8, 4) is 0 Å². The average molecular weight is 639 g/mol. The zero-order chi connectivity index (χ0) is 34.1. The van der Waals surface area contributed by atoms with Crippen molar-refractivity contribution in [3.63, 3.8) is 0 Å². The van der Waals surface area contributed by atoms with Gasteiger partial charge in [0.2, 0.25) is 0 Å². The summed E-state index contributed by atoms with van der Waals surface area (Å²) in [6.07, 6.45) is 7.11. The predicted molar refractivity (Wildman–Crippen MR) is 168 cm³/mol. The molecule has 14 nitrogen and oxygen atoms in total. The largest absolute Gasteiger partial charge is 0.464 e. The number of amides is 2. The van der Waals surface area contributed by atoms with Gasteiger partial charge in [-0.3, -0.25) is 0 Å². The number of hydrogen-bond acceptors (Lipinski definition) is 12. The van der Waals surface area contributed by atoms with Crippen molar-refractivity contribution in [2.75, 3.05) is 40.4 Å². The van der Waals surface area contributed by atoms with Gasteiger partial charge < -0.3 is 28.7 Å². The van der Waals surface area contributed by atoms with Crippen LogP contribution in [0.25, 0.3) is 11.1 Å². The molecule has 248 valence electrons. The monoisotopic (exact) mass is 638 g/mol. The van der Waals surface area contributed by atoms with E-state index < -0.39 is 23.1 Å². The zero-order valence-corrected chi connectivity index (χ0v) is 27.7. The van der Waals surface area contributed by atoms with Gasteiger partial charge in [-0.1, -0.05) is 12.2 Å². The molecule has 4 heterocycles. The number of carbonyl (C=O) groups excluding carboxylic acids is 4. The van der Waals surface area contributed by atoms with Crippen LogP contribution in [0.4, 0.5) is 9.59 Å². The van der Waals surface area contributed by atoms with Gasteiger partial charge in [0.05, 0.1) is 25.6 Å². The van der Waals surface area contributed by atoms with E-state index in [1.165, 1.54) is 26.9 Å². The summed E-state index contributed by atoms with van der Waals surface area (Å²) in [4.78, 5) is 66.5. The Kier molecular flexibility index (Phi) is 11.9. The number of carbonyl (C=O) groups is 4. The third-order valence-electron chi connectivity index (χ3n) is 6.50. The first-order valence-corrected chi connectivity index (χ1v) is 14.8. The van der Waals surface area contributed by atoms with E-state index in [1.807, 2.05) is 53.7 Å². The lowest BCUT2D eigenvalue weighted by Gasteiger charge is -2.29. The molecule has 0 N–H and O–H groups in total. The summed E-state index contributed by atoms with van der Waals surface area (Å²) < 4.78 is 20.0. The number of ether oxygens (including phenoxy) is 4. The second kappa shape index (κ2) is 15.4. The van der Waals surface area contributed by atoms with Crippen molar-refractivity contribution < 1.29 is 38.1 Å². The van der Waals surface area contributed by atoms with Crippen molar-refractivity contribution in [1.82, 2.24) is 29.7 Å². The Hall–Kier alpha value is -4.88. The number of methoxy groups -OCH3 is 2. The van der Waals surface area contributed by atoms with Gasteiger partial charge in [-0.25, -0.2) is 39.1 Å². The molecule has 0 saturated heterocycles. The lowest BCUT2D eigenvalue weighted by atomic mass is 10.0. The van der Waals surface area contributed by atoms with Crippen molar-refractivity contribution in [1.29, 1.82) is 0 Å². The Labute approximate surface area is 268 Å². The van der Waals surface area contributed by atoms with E-state index in [2.05, 4.69) is 29.4 Å². The summed E-state index contributed by atoms with van der Waals surface area (Å²) in [6.45, 7) is 13.0. The lowest BCUT2D eigenvalue weighted by molar-refractivity contribution is 0.0260. The Balaban J connectivity index is 0.000000250. The topological polar surface area (TPSA) is 163 Å². The second-order valence-electron chi connectivity index (χ2n) is 12.4. The summed E-state index contributed by atoms with van der Waals surface area (Å²) >= 11 is 0. The van der Waals surface area contributed by atoms with Gasteiger partial charge in [0.1, 0.15) is 23.9 Å². The molecule has 14 heteroatoms. The molecule has 0 unspecified atom stereocenters. The first-order valence-electron chi connectivity index (χ1n) is 14.8. The maximum atomic E-state index is 12.0. The lowest BCUT2D eigenvalue weighted by Crippen LogP contribution is -2.39. The SMILES string of the molecule is COC(=O)c1cc(C2=CCN(C(=O)OC(C)(C)C)CC2)ncn1.COC(=O)c1cc(C2=CCN(C(=O)OC(C)(C)C)CC2)ncn1. The number of nitrogens with zero attached hydrogens (tertiary/aromatic N) is 6. The molecule has 0 fully saturated rings. The summed E-state index contributed by atoms with van der Waals surface area (Å²) in [6, 6.07) is 3.20. The minimum Gasteiger partial charge on any atom is -0.464 e. The molecule has 0 spiro atoms. The van der Waals surface area contributed by atoms with Crippen LogP contribution >= 0.6 is 0 Å². The fraction of sp³-hybridized carbons (Fsp3) is 0.500. The number of aromatic nitrogens is 4. The Morgan fingerprint density at radius 3 is 1.28 bits per heavy atom. The second-order valence-corrected chi connectivity index (χ2v) is 12.4. The first-order chi connectivity index (χ1) is 21.6. The molecule has 0 aliphatic carbocycles. The van der Waals surface area contributed by atoms with Gasteiger partial charge in [-0.2, -0.15) is 0 Å². The Morgan fingerprint density at radius 2 is 1.00 bits per heavy atom. The summed E-state index contributed by atoms with van der Waals surface area (Å²) in [5.41, 5.74) is 2.69. The van der Waals surface area contributed by atoms with Gasteiger partial charge >= 0.3 is 24.1 Å². The number of rotatable bonds is 4. The van der Waals surface area contributed by atoms with Crippen molar-refractivity contribution in [2.45, 2.75) is 65.6 Å². The van der Waals surface area contributed by atoms with Crippen molar-refractivity contribution in [3.05, 3.63) is 59.7 Å². The van der Waals surface area contributed by atoms with Gasteiger partial charge in [0.15, 0.2) is 11.4 Å². The standard InChI is InChI=1S/2C16H21N3O4/c2*1-16(2,3)23-15(21)19-7-5-11(6-8-19)12-9-13(14(20)22-4)18-10-17-12/h2*5,9-10H,6-8H2,1-4H3. The Bertz CT molecular complexity index is 1380. The van der Waals surface area contributed by atoms with E-state index in [1.54, 1.807) is 21.9 Å². The van der Waals surface area contributed by atoms with E-state index in [9.17, 15) is 19.2 Å². The highest BCUT2D eigenvalue weighted by Crippen LogP contribution is 2.24. The molecule has 2 amide bonds. The smallest absolute Gasteiger partial charge is 0.410 e. The van der Waals surface area contributed by atoms with Crippen LogP contribution in [-0.4, -0.2) is 105 Å². The fourth-order valence-electron chi connectivity index (χ4n) is 4.29. The van der Waals surface area contributed by atoms with Crippen LogP contribution in [0.3, 0.4) is 0 Å². The quantitative estimate of drug-likeness (QED) is 0.339. The molecule has 0 saturated carbocycles. The summed E-state index contributed by atoms with van der Waals surface area (Å²) in [5.74, 6) is -0.999. The van der Waals surface area contributed by atoms with Crippen LogP contribution < -0.4 is 0 Å². The average Bonchev–Trinajstić information content (AvgIpc) is 3.03. The van der Waals surface area contributed by atoms with Gasteiger partial charge in [-0.05, 0) is 77.7 Å². The van der Waals surface area contributed by atoms with Crippen molar-refractivity contribution >= 4 is 35.3 Å². The summed E-state index contributed by atoms with van der Waals surface area (Å²) in [7, 11) is 2.62. The highest BCUT2D eigenvalue weighted by atomic mass is 16.6. The number of hydrogen-bond donors (Lipinski definition) is 0. The van der Waals surface area contributed by atoms with Gasteiger partial charge in [-0.15, -0.1) is 0 Å². The predicted octanol–water partition coefficient (Wildman–Crippen LogP) is 4.57. The van der Waals surface area contributed by atoms with Gasteiger partial charge in [0, 0.05) is 26.2 Å². The van der Waals surface area contributed by atoms with Crippen LogP contribution in [0.2, 0.25) is 0 Å². The zero-order valence-electron chi connectivity index (χ0n) is 27.7. The van der Waals surface area contributed by atoms with Crippen LogP contribution in [0.15, 0.2) is 36.9 Å². The van der Waals surface area contributed by atoms with Crippen LogP contribution in [0.5, 0.6) is 0 Å². The van der Waals surface area contributed by atoms with Crippen LogP contribution in [-0.2, 0) is 18.9 Å². The molecule has 0 aromatic carbocycles. The molecular weight excluding hydrogens is 596 g/mol. The fourth-order valence-corrected chi connectivity index (χ4v) is 4.29. The molecule has 2 aliphatic rings. The minimum atomic E-state index is -0.511. The van der Waals surface area contributed by atoms with E-state index in [4.69, 9.17) is 9.47 Å². The van der Waals surface area contributed by atoms with Crippen molar-refractivity contribution in [2.24, 2.45) is 0 Å². The molecule has 0 radical (unpaired) electrons. The molecule has 46 heavy (non-hydrogen) atoms. The molecule has 0 atom stereocenters. The molecule has 4 rings (SSSR count). The van der Waals surface area contributed by atoms with E-state index in [0.717, 1.165) is 11.1 Å². The third kappa shape index (κ3) is 10.6. The van der Waals surface area contributed by atoms with Gasteiger partial charge in [0.25, 0.3) is 0 Å². The third-order valence-corrected chi connectivity index (χ3v) is 6.50. The van der Waals surface area contributed by atoms with E-state index in [-0.39, 0.29) is 23.6 Å². The first kappa shape index (κ1) is 35.6. The normalized spacial score (nSPS) is 15.0. The van der Waals surface area contributed by atoms with E-state index >= 15 is 0 Å². The molecule has 2 aliphatic heterocycles. The molecule has 2 aromatic heterocycles. The molecular formula is C32H42N6O8. The molecule has 0 bridgehead atoms. The van der Waals surface area contributed by atoms with E-state index in [0.29, 0.717) is 50.4 Å². The highest BCUT2D eigenvalue weighted by molar-refractivity contribution is 5.88. The minimum absolute atomic E-state index is 0.216.